The summed E-state index contributed by atoms with van der Waals surface area (Å²) in [6.45, 7) is 2.52. The van der Waals surface area contributed by atoms with E-state index >= 15 is 0 Å². The maximum atomic E-state index is 12.3. The van der Waals surface area contributed by atoms with Crippen molar-refractivity contribution in [3.05, 3.63) is 78.6 Å². The molecule has 8 heteroatoms. The van der Waals surface area contributed by atoms with Crippen LogP contribution in [0.2, 0.25) is 0 Å². The van der Waals surface area contributed by atoms with Gasteiger partial charge in [0.15, 0.2) is 0 Å². The molecule has 0 aliphatic carbocycles. The summed E-state index contributed by atoms with van der Waals surface area (Å²) in [5, 5.41) is 13.1. The number of likely N-dealkylation sites (tertiary alicyclic amines) is 1. The summed E-state index contributed by atoms with van der Waals surface area (Å²) in [6.07, 6.45) is 6.09. The molecule has 2 heterocycles. The summed E-state index contributed by atoms with van der Waals surface area (Å²) < 4.78 is 1.82. The first-order chi connectivity index (χ1) is 16.2. The molecular formula is C25H30N6O2. The lowest BCUT2D eigenvalue weighted by Crippen LogP contribution is -2.49. The second kappa shape index (κ2) is 11.3. The van der Waals surface area contributed by atoms with E-state index in [-0.39, 0.29) is 18.0 Å². The molecule has 1 fully saturated rings. The largest absolute Gasteiger partial charge is 0.338 e. The second-order valence-corrected chi connectivity index (χ2v) is 8.23. The van der Waals surface area contributed by atoms with E-state index < -0.39 is 0 Å². The van der Waals surface area contributed by atoms with Crippen molar-refractivity contribution >= 4 is 17.6 Å². The van der Waals surface area contributed by atoms with Crippen molar-refractivity contribution in [1.82, 2.24) is 25.3 Å². The summed E-state index contributed by atoms with van der Waals surface area (Å²) in [6, 6.07) is 19.5. The van der Waals surface area contributed by atoms with Gasteiger partial charge in [0.1, 0.15) is 0 Å². The van der Waals surface area contributed by atoms with Gasteiger partial charge in [-0.15, -0.1) is 0 Å². The number of hydrogen-bond acceptors (Lipinski definition) is 4. The number of carbonyl (C=O) groups is 2. The highest BCUT2D eigenvalue weighted by Crippen LogP contribution is 2.12. The van der Waals surface area contributed by atoms with Crippen molar-refractivity contribution in [2.24, 2.45) is 0 Å². The van der Waals surface area contributed by atoms with Crippen LogP contribution in [0, 0.1) is 0 Å². The molecule has 1 saturated heterocycles. The first kappa shape index (κ1) is 22.5. The molecule has 0 bridgehead atoms. The van der Waals surface area contributed by atoms with Gasteiger partial charge in [-0.1, -0.05) is 30.3 Å². The van der Waals surface area contributed by atoms with E-state index in [2.05, 4.69) is 38.1 Å². The lowest BCUT2D eigenvalue weighted by atomic mass is 10.1. The Morgan fingerprint density at radius 1 is 0.970 bits per heavy atom. The molecule has 0 radical (unpaired) electrons. The van der Waals surface area contributed by atoms with Crippen molar-refractivity contribution < 1.29 is 9.59 Å². The van der Waals surface area contributed by atoms with E-state index in [9.17, 15) is 9.59 Å². The fourth-order valence-corrected chi connectivity index (χ4v) is 3.95. The van der Waals surface area contributed by atoms with E-state index in [0.29, 0.717) is 13.1 Å². The molecule has 8 nitrogen and oxygen atoms in total. The van der Waals surface area contributed by atoms with E-state index in [1.54, 1.807) is 6.20 Å². The quantitative estimate of drug-likeness (QED) is 0.496. The maximum Gasteiger partial charge on any atom is 0.315 e. The lowest BCUT2D eigenvalue weighted by molar-refractivity contribution is -0.117. The van der Waals surface area contributed by atoms with Gasteiger partial charge in [-0.2, -0.15) is 5.10 Å². The highest BCUT2D eigenvalue weighted by Gasteiger charge is 2.22. The molecule has 1 aliphatic rings. The molecule has 1 aromatic heterocycles. The molecule has 0 atom stereocenters. The van der Waals surface area contributed by atoms with Crippen LogP contribution >= 0.6 is 0 Å². The molecule has 3 aromatic rings. The van der Waals surface area contributed by atoms with E-state index in [1.165, 1.54) is 0 Å². The second-order valence-electron chi connectivity index (χ2n) is 8.23. The Morgan fingerprint density at radius 2 is 1.73 bits per heavy atom. The molecule has 4 rings (SSSR count). The van der Waals surface area contributed by atoms with E-state index in [0.717, 1.165) is 49.3 Å². The fraction of sp³-hybridized carbons (Fsp3) is 0.320. The van der Waals surface area contributed by atoms with Crippen LogP contribution in [0.3, 0.4) is 0 Å². The van der Waals surface area contributed by atoms with Crippen LogP contribution in [0.25, 0.3) is 5.69 Å². The number of nitrogens with zero attached hydrogens (tertiary/aromatic N) is 3. The average molecular weight is 447 g/mol. The zero-order valence-corrected chi connectivity index (χ0v) is 18.6. The third-order valence-corrected chi connectivity index (χ3v) is 5.75. The van der Waals surface area contributed by atoms with Gasteiger partial charge in [0.05, 0.1) is 12.2 Å². The number of hydrogen-bond donors (Lipinski definition) is 3. The van der Waals surface area contributed by atoms with Crippen molar-refractivity contribution in [2.75, 3.05) is 31.5 Å². The first-order valence-electron chi connectivity index (χ1n) is 11.4. The normalized spacial score (nSPS) is 14.5. The highest BCUT2D eigenvalue weighted by molar-refractivity contribution is 5.92. The van der Waals surface area contributed by atoms with Crippen LogP contribution in [0.4, 0.5) is 10.5 Å². The van der Waals surface area contributed by atoms with Gasteiger partial charge in [0, 0.05) is 43.8 Å². The minimum atomic E-state index is -0.136. The molecule has 3 N–H and O–H groups in total. The molecule has 172 valence electrons. The molecule has 0 unspecified atom stereocenters. The molecule has 3 amide bonds. The fourth-order valence-electron chi connectivity index (χ4n) is 3.95. The number of benzene rings is 2. The van der Waals surface area contributed by atoms with Crippen LogP contribution < -0.4 is 16.0 Å². The number of anilines is 1. The standard InChI is InChI=1S/C25H30N6O2/c32-24(28-21-5-2-1-3-6-21)19-30-17-12-22(13-18-30)29-25(33)26-15-11-20-7-9-23(10-8-20)31-16-4-14-27-31/h1-10,14,16,22H,11-13,15,17-19H2,(H,28,32)(H2,26,29,33). The Balaban J connectivity index is 1.11. The summed E-state index contributed by atoms with van der Waals surface area (Å²) >= 11 is 0. The summed E-state index contributed by atoms with van der Waals surface area (Å²) in [7, 11) is 0. The van der Waals surface area contributed by atoms with Crippen LogP contribution in [0.1, 0.15) is 18.4 Å². The van der Waals surface area contributed by atoms with Gasteiger partial charge in [-0.3, -0.25) is 9.69 Å². The maximum absolute atomic E-state index is 12.3. The zero-order chi connectivity index (χ0) is 22.9. The summed E-state index contributed by atoms with van der Waals surface area (Å²) in [5.74, 6) is -0.0111. The predicted octanol–water partition coefficient (Wildman–Crippen LogP) is 2.82. The molecule has 1 aliphatic heterocycles. The molecule has 2 aromatic carbocycles. The Labute approximate surface area is 194 Å². The average Bonchev–Trinajstić information content (AvgIpc) is 3.36. The summed E-state index contributed by atoms with van der Waals surface area (Å²) in [5.41, 5.74) is 2.98. The number of para-hydroxylation sites is 1. The Kier molecular flexibility index (Phi) is 7.71. The number of piperidine rings is 1. The van der Waals surface area contributed by atoms with Gasteiger partial charge < -0.3 is 16.0 Å². The SMILES string of the molecule is O=C(CN1CCC(NC(=O)NCCc2ccc(-n3cccn3)cc2)CC1)Nc1ccccc1. The van der Waals surface area contributed by atoms with Crippen LogP contribution in [-0.4, -0.2) is 58.8 Å². The van der Waals surface area contributed by atoms with Crippen molar-refractivity contribution in [1.29, 1.82) is 0 Å². The van der Waals surface area contributed by atoms with Crippen molar-refractivity contribution in [3.8, 4) is 5.69 Å². The van der Waals surface area contributed by atoms with Gasteiger partial charge in [0.25, 0.3) is 0 Å². The minimum Gasteiger partial charge on any atom is -0.338 e. The Hall–Kier alpha value is -3.65. The number of nitrogens with one attached hydrogen (secondary N) is 3. The Bertz CT molecular complexity index is 1010. The number of rotatable bonds is 8. The Morgan fingerprint density at radius 3 is 2.42 bits per heavy atom. The zero-order valence-electron chi connectivity index (χ0n) is 18.6. The number of carbonyl (C=O) groups excluding carboxylic acids is 2. The monoisotopic (exact) mass is 446 g/mol. The van der Waals surface area contributed by atoms with Gasteiger partial charge in [0.2, 0.25) is 5.91 Å². The minimum absolute atomic E-state index is 0.0111. The van der Waals surface area contributed by atoms with Gasteiger partial charge in [-0.25, -0.2) is 9.48 Å². The van der Waals surface area contributed by atoms with Crippen molar-refractivity contribution in [2.45, 2.75) is 25.3 Å². The molecule has 0 saturated carbocycles. The van der Waals surface area contributed by atoms with Gasteiger partial charge in [-0.05, 0) is 55.2 Å². The first-order valence-corrected chi connectivity index (χ1v) is 11.4. The number of aromatic nitrogens is 2. The van der Waals surface area contributed by atoms with Crippen LogP contribution in [-0.2, 0) is 11.2 Å². The third-order valence-electron chi connectivity index (χ3n) is 5.75. The van der Waals surface area contributed by atoms with Crippen LogP contribution in [0.5, 0.6) is 0 Å². The van der Waals surface area contributed by atoms with Crippen molar-refractivity contribution in [3.63, 3.8) is 0 Å². The molecule has 33 heavy (non-hydrogen) atoms. The van der Waals surface area contributed by atoms with Crippen LogP contribution in [0.15, 0.2) is 73.1 Å². The lowest BCUT2D eigenvalue weighted by Gasteiger charge is -2.31. The molecule has 0 spiro atoms. The van der Waals surface area contributed by atoms with E-state index in [1.807, 2.05) is 59.4 Å². The number of amides is 3. The predicted molar refractivity (Wildman–Crippen MR) is 128 cm³/mol. The summed E-state index contributed by atoms with van der Waals surface area (Å²) in [4.78, 5) is 26.6. The third kappa shape index (κ3) is 6.92. The van der Waals surface area contributed by atoms with E-state index in [4.69, 9.17) is 0 Å². The number of urea groups is 1. The topological polar surface area (TPSA) is 91.3 Å². The smallest absolute Gasteiger partial charge is 0.315 e. The molecular weight excluding hydrogens is 416 g/mol. The highest BCUT2D eigenvalue weighted by atomic mass is 16.2. The van der Waals surface area contributed by atoms with Gasteiger partial charge >= 0.3 is 6.03 Å².